The summed E-state index contributed by atoms with van der Waals surface area (Å²) in [4.78, 5) is 24.8. The summed E-state index contributed by atoms with van der Waals surface area (Å²) in [6, 6.07) is 11.1. The van der Waals surface area contributed by atoms with Gasteiger partial charge in [0.1, 0.15) is 5.60 Å². The number of carbonyl (C=O) groups excluding carboxylic acids is 2. The predicted molar refractivity (Wildman–Crippen MR) is 100 cm³/mol. The molecule has 0 fully saturated rings. The Labute approximate surface area is 149 Å². The molecule has 2 aromatic rings. The van der Waals surface area contributed by atoms with Gasteiger partial charge in [-0.3, -0.25) is 10.1 Å². The molecule has 2 rings (SSSR count). The number of nitrogens with one attached hydrogen (secondary N) is 1. The van der Waals surface area contributed by atoms with Crippen molar-refractivity contribution in [2.45, 2.75) is 47.1 Å². The SMILES string of the molecule is Cc1cc(C)cc(C(=O)c2cc(C)cc(NC(=O)OC(C)(C)C)c2)c1. The van der Waals surface area contributed by atoms with Crippen LogP contribution in [0.5, 0.6) is 0 Å². The van der Waals surface area contributed by atoms with Gasteiger partial charge in [-0.1, -0.05) is 17.2 Å². The number of aryl methyl sites for hydroxylation is 3. The number of hydrogen-bond acceptors (Lipinski definition) is 3. The van der Waals surface area contributed by atoms with Crippen molar-refractivity contribution >= 4 is 17.6 Å². The van der Waals surface area contributed by atoms with Gasteiger partial charge >= 0.3 is 6.09 Å². The molecule has 0 saturated carbocycles. The first-order chi connectivity index (χ1) is 11.5. The minimum atomic E-state index is -0.578. The molecule has 0 aliphatic carbocycles. The van der Waals surface area contributed by atoms with Crippen molar-refractivity contribution in [1.29, 1.82) is 0 Å². The largest absolute Gasteiger partial charge is 0.444 e. The van der Waals surface area contributed by atoms with Gasteiger partial charge in [0.25, 0.3) is 0 Å². The van der Waals surface area contributed by atoms with Crippen LogP contribution in [0.1, 0.15) is 53.4 Å². The van der Waals surface area contributed by atoms with E-state index in [1.54, 1.807) is 26.8 Å². The zero-order valence-electron chi connectivity index (χ0n) is 15.7. The van der Waals surface area contributed by atoms with Crippen LogP contribution in [0, 0.1) is 20.8 Å². The number of rotatable bonds is 3. The highest BCUT2D eigenvalue weighted by molar-refractivity contribution is 6.10. The Hall–Kier alpha value is -2.62. The summed E-state index contributed by atoms with van der Waals surface area (Å²) in [5.41, 5.74) is 4.13. The standard InChI is InChI=1S/C21H25NO3/c1-13-7-14(2)9-16(8-13)19(23)17-10-15(3)11-18(12-17)22-20(24)25-21(4,5)6/h7-12H,1-6H3,(H,22,24). The number of amides is 1. The Kier molecular flexibility index (Phi) is 5.31. The van der Waals surface area contributed by atoms with E-state index < -0.39 is 11.7 Å². The zero-order valence-corrected chi connectivity index (χ0v) is 15.7. The fourth-order valence-electron chi connectivity index (χ4n) is 2.68. The van der Waals surface area contributed by atoms with Crippen molar-refractivity contribution in [3.63, 3.8) is 0 Å². The van der Waals surface area contributed by atoms with Crippen LogP contribution in [-0.4, -0.2) is 17.5 Å². The first-order valence-electron chi connectivity index (χ1n) is 8.28. The molecule has 0 saturated heterocycles. The number of ether oxygens (including phenoxy) is 1. The molecule has 132 valence electrons. The number of ketones is 1. The summed E-state index contributed by atoms with van der Waals surface area (Å²) < 4.78 is 5.26. The van der Waals surface area contributed by atoms with Crippen LogP contribution >= 0.6 is 0 Å². The van der Waals surface area contributed by atoms with Gasteiger partial charge in [0.15, 0.2) is 5.78 Å². The molecule has 2 aromatic carbocycles. The highest BCUT2D eigenvalue weighted by atomic mass is 16.6. The lowest BCUT2D eigenvalue weighted by molar-refractivity contribution is 0.0635. The van der Waals surface area contributed by atoms with Gasteiger partial charge in [-0.15, -0.1) is 0 Å². The number of anilines is 1. The molecule has 0 aromatic heterocycles. The van der Waals surface area contributed by atoms with Crippen LogP contribution in [0.3, 0.4) is 0 Å². The van der Waals surface area contributed by atoms with E-state index in [9.17, 15) is 9.59 Å². The fourth-order valence-corrected chi connectivity index (χ4v) is 2.68. The quantitative estimate of drug-likeness (QED) is 0.783. The van der Waals surface area contributed by atoms with E-state index in [1.165, 1.54) is 0 Å². The topological polar surface area (TPSA) is 55.4 Å². The molecule has 4 nitrogen and oxygen atoms in total. The van der Waals surface area contributed by atoms with E-state index in [0.29, 0.717) is 16.8 Å². The van der Waals surface area contributed by atoms with E-state index >= 15 is 0 Å². The van der Waals surface area contributed by atoms with Crippen LogP contribution < -0.4 is 5.32 Å². The number of benzene rings is 2. The van der Waals surface area contributed by atoms with Gasteiger partial charge in [-0.05, 0) is 77.4 Å². The Morgan fingerprint density at radius 2 is 1.28 bits per heavy atom. The predicted octanol–water partition coefficient (Wildman–Crippen LogP) is 5.19. The molecular formula is C21H25NO3. The molecule has 0 atom stereocenters. The van der Waals surface area contributed by atoms with Crippen LogP contribution in [0.4, 0.5) is 10.5 Å². The molecule has 0 bridgehead atoms. The molecular weight excluding hydrogens is 314 g/mol. The zero-order chi connectivity index (χ0) is 18.8. The first-order valence-corrected chi connectivity index (χ1v) is 8.28. The molecule has 4 heteroatoms. The molecule has 0 unspecified atom stereocenters. The molecule has 1 amide bonds. The van der Waals surface area contributed by atoms with E-state index in [-0.39, 0.29) is 5.78 Å². The maximum Gasteiger partial charge on any atom is 0.412 e. The summed E-state index contributed by atoms with van der Waals surface area (Å²) >= 11 is 0. The van der Waals surface area contributed by atoms with E-state index in [4.69, 9.17) is 4.74 Å². The van der Waals surface area contributed by atoms with Gasteiger partial charge < -0.3 is 4.74 Å². The summed E-state index contributed by atoms with van der Waals surface area (Å²) in [7, 11) is 0. The fraction of sp³-hybridized carbons (Fsp3) is 0.333. The van der Waals surface area contributed by atoms with Gasteiger partial charge in [0.2, 0.25) is 0 Å². The highest BCUT2D eigenvalue weighted by Crippen LogP contribution is 2.20. The van der Waals surface area contributed by atoms with Crippen molar-refractivity contribution in [1.82, 2.24) is 0 Å². The van der Waals surface area contributed by atoms with Crippen molar-refractivity contribution in [2.24, 2.45) is 0 Å². The lowest BCUT2D eigenvalue weighted by atomic mass is 9.98. The third-order valence-corrected chi connectivity index (χ3v) is 3.47. The van der Waals surface area contributed by atoms with Gasteiger partial charge in [0, 0.05) is 16.8 Å². The Balaban J connectivity index is 2.29. The lowest BCUT2D eigenvalue weighted by Gasteiger charge is -2.20. The Bertz CT molecular complexity index is 796. The Morgan fingerprint density at radius 3 is 1.80 bits per heavy atom. The van der Waals surface area contributed by atoms with Gasteiger partial charge in [0.05, 0.1) is 0 Å². The maximum absolute atomic E-state index is 12.8. The molecule has 0 radical (unpaired) electrons. The van der Waals surface area contributed by atoms with Gasteiger partial charge in [-0.2, -0.15) is 0 Å². The molecule has 25 heavy (non-hydrogen) atoms. The van der Waals surface area contributed by atoms with Crippen molar-refractivity contribution < 1.29 is 14.3 Å². The molecule has 0 aliphatic rings. The Morgan fingerprint density at radius 1 is 0.800 bits per heavy atom. The average molecular weight is 339 g/mol. The number of hydrogen-bond donors (Lipinski definition) is 1. The highest BCUT2D eigenvalue weighted by Gasteiger charge is 2.17. The third-order valence-electron chi connectivity index (χ3n) is 3.47. The van der Waals surface area contributed by atoms with Crippen molar-refractivity contribution in [3.8, 4) is 0 Å². The first kappa shape index (κ1) is 18.7. The van der Waals surface area contributed by atoms with Crippen LogP contribution in [0.2, 0.25) is 0 Å². The smallest absolute Gasteiger partial charge is 0.412 e. The second-order valence-corrected chi connectivity index (χ2v) is 7.42. The molecule has 0 spiro atoms. The minimum absolute atomic E-state index is 0.0669. The molecule has 0 heterocycles. The van der Waals surface area contributed by atoms with Crippen LogP contribution in [0.25, 0.3) is 0 Å². The van der Waals surface area contributed by atoms with Crippen molar-refractivity contribution in [3.05, 3.63) is 64.2 Å². The normalized spacial score (nSPS) is 11.1. The monoisotopic (exact) mass is 339 g/mol. The average Bonchev–Trinajstić information content (AvgIpc) is 2.42. The minimum Gasteiger partial charge on any atom is -0.444 e. The third kappa shape index (κ3) is 5.45. The summed E-state index contributed by atoms with van der Waals surface area (Å²) in [6.45, 7) is 11.2. The summed E-state index contributed by atoms with van der Waals surface area (Å²) in [5.74, 6) is -0.0669. The van der Waals surface area contributed by atoms with E-state index in [0.717, 1.165) is 16.7 Å². The van der Waals surface area contributed by atoms with Gasteiger partial charge in [-0.25, -0.2) is 4.79 Å². The van der Waals surface area contributed by atoms with E-state index in [2.05, 4.69) is 5.32 Å². The van der Waals surface area contributed by atoms with Crippen LogP contribution in [-0.2, 0) is 4.74 Å². The summed E-state index contributed by atoms with van der Waals surface area (Å²) in [6.07, 6.45) is -0.539. The number of carbonyl (C=O) groups is 2. The maximum atomic E-state index is 12.8. The van der Waals surface area contributed by atoms with E-state index in [1.807, 2.05) is 51.1 Å². The second kappa shape index (κ2) is 7.09. The molecule has 1 N–H and O–H groups in total. The second-order valence-electron chi connectivity index (χ2n) is 7.42. The molecule has 0 aliphatic heterocycles. The summed E-state index contributed by atoms with van der Waals surface area (Å²) in [5, 5.41) is 2.70. The van der Waals surface area contributed by atoms with Crippen LogP contribution in [0.15, 0.2) is 36.4 Å². The van der Waals surface area contributed by atoms with Crippen molar-refractivity contribution in [2.75, 3.05) is 5.32 Å². The lowest BCUT2D eigenvalue weighted by Crippen LogP contribution is -2.27.